The van der Waals surface area contributed by atoms with E-state index in [-0.39, 0.29) is 24.5 Å². The zero-order valence-electron chi connectivity index (χ0n) is 15.4. The van der Waals surface area contributed by atoms with Crippen LogP contribution in [-0.2, 0) is 10.2 Å². The van der Waals surface area contributed by atoms with Gasteiger partial charge in [0.15, 0.2) is 0 Å². The molecule has 1 aliphatic heterocycles. The number of nitrogens with one attached hydrogen (secondary N) is 2. The molecule has 0 radical (unpaired) electrons. The van der Waals surface area contributed by atoms with E-state index < -0.39 is 15.6 Å². The average molecular weight is 399 g/mol. The zero-order chi connectivity index (χ0) is 19.5. The Labute approximate surface area is 163 Å². The van der Waals surface area contributed by atoms with E-state index in [1.54, 1.807) is 0 Å². The van der Waals surface area contributed by atoms with E-state index in [2.05, 4.69) is 30.6 Å². The van der Waals surface area contributed by atoms with E-state index in [9.17, 15) is 13.7 Å². The Balaban J connectivity index is 1.22. The Morgan fingerprint density at radius 2 is 2.25 bits per heavy atom. The molecule has 0 unspecified atom stereocenters. The lowest BCUT2D eigenvalue weighted by Gasteiger charge is -2.42. The van der Waals surface area contributed by atoms with Gasteiger partial charge >= 0.3 is 0 Å². The number of hydrogen-bond acceptors (Lipinski definition) is 6. The van der Waals surface area contributed by atoms with Crippen molar-refractivity contribution < 1.29 is 8.42 Å². The SMILES string of the molecule is CN(c1ncnc2[nH]ccc12)C1CC(NS(=O)(=O)N2C[C@H]3C=C[C@@]3(C#N)C2)C1. The van der Waals surface area contributed by atoms with E-state index in [0.29, 0.717) is 19.4 Å². The molecule has 2 fully saturated rings. The highest BCUT2D eigenvalue weighted by atomic mass is 32.2. The molecule has 2 aliphatic carbocycles. The number of nitriles is 1. The molecule has 28 heavy (non-hydrogen) atoms. The van der Waals surface area contributed by atoms with Gasteiger partial charge < -0.3 is 9.88 Å². The highest BCUT2D eigenvalue weighted by molar-refractivity contribution is 7.87. The second-order valence-corrected chi connectivity index (χ2v) is 9.61. The molecule has 5 rings (SSSR count). The van der Waals surface area contributed by atoms with Crippen LogP contribution >= 0.6 is 0 Å². The van der Waals surface area contributed by atoms with Crippen molar-refractivity contribution in [1.82, 2.24) is 24.0 Å². The summed E-state index contributed by atoms with van der Waals surface area (Å²) in [7, 11) is -1.61. The summed E-state index contributed by atoms with van der Waals surface area (Å²) in [4.78, 5) is 13.8. The van der Waals surface area contributed by atoms with Crippen LogP contribution in [0.2, 0.25) is 0 Å². The Morgan fingerprint density at radius 3 is 2.93 bits per heavy atom. The molecule has 3 aliphatic rings. The van der Waals surface area contributed by atoms with E-state index in [1.165, 1.54) is 10.6 Å². The van der Waals surface area contributed by atoms with Crippen molar-refractivity contribution in [3.05, 3.63) is 30.7 Å². The first-order chi connectivity index (χ1) is 13.4. The summed E-state index contributed by atoms with van der Waals surface area (Å²) >= 11 is 0. The maximum atomic E-state index is 12.7. The highest BCUT2D eigenvalue weighted by Gasteiger charge is 2.52. The number of aromatic amines is 1. The van der Waals surface area contributed by atoms with Gasteiger partial charge in [0.25, 0.3) is 10.2 Å². The Morgan fingerprint density at radius 1 is 1.43 bits per heavy atom. The van der Waals surface area contributed by atoms with Crippen molar-refractivity contribution >= 4 is 27.1 Å². The third-order valence-corrected chi connectivity index (χ3v) is 7.91. The smallest absolute Gasteiger partial charge is 0.279 e. The first-order valence-electron chi connectivity index (χ1n) is 9.31. The van der Waals surface area contributed by atoms with E-state index in [1.807, 2.05) is 31.5 Å². The first-order valence-corrected chi connectivity index (χ1v) is 10.7. The van der Waals surface area contributed by atoms with Gasteiger partial charge in [0.2, 0.25) is 0 Å². The van der Waals surface area contributed by atoms with Gasteiger partial charge in [-0.3, -0.25) is 0 Å². The lowest BCUT2D eigenvalue weighted by molar-refractivity contribution is 0.308. The van der Waals surface area contributed by atoms with E-state index >= 15 is 0 Å². The number of aromatic nitrogens is 3. The van der Waals surface area contributed by atoms with Crippen molar-refractivity contribution in [3.8, 4) is 6.07 Å². The van der Waals surface area contributed by atoms with E-state index in [0.717, 1.165) is 16.9 Å². The molecule has 10 heteroatoms. The van der Waals surface area contributed by atoms with Crippen LogP contribution in [-0.4, -0.2) is 59.9 Å². The molecule has 1 saturated heterocycles. The molecule has 0 amide bonds. The minimum absolute atomic E-state index is 0.0101. The van der Waals surface area contributed by atoms with Gasteiger partial charge in [0, 0.05) is 44.3 Å². The van der Waals surface area contributed by atoms with Crippen molar-refractivity contribution in [2.45, 2.75) is 24.9 Å². The van der Waals surface area contributed by atoms with Gasteiger partial charge in [-0.1, -0.05) is 12.2 Å². The van der Waals surface area contributed by atoms with Gasteiger partial charge in [-0.2, -0.15) is 22.7 Å². The third-order valence-electron chi connectivity index (χ3n) is 6.32. The number of hydrogen-bond donors (Lipinski definition) is 2. The van der Waals surface area contributed by atoms with Crippen LogP contribution in [0.5, 0.6) is 0 Å². The van der Waals surface area contributed by atoms with Crippen molar-refractivity contribution in [3.63, 3.8) is 0 Å². The molecule has 2 aromatic heterocycles. The predicted molar refractivity (Wildman–Crippen MR) is 103 cm³/mol. The number of nitrogens with zero attached hydrogens (tertiary/aromatic N) is 5. The fourth-order valence-electron chi connectivity index (χ4n) is 4.37. The monoisotopic (exact) mass is 399 g/mol. The molecule has 2 atom stereocenters. The van der Waals surface area contributed by atoms with E-state index in [4.69, 9.17) is 0 Å². The molecule has 2 N–H and O–H groups in total. The molecule has 0 spiro atoms. The summed E-state index contributed by atoms with van der Waals surface area (Å²) in [6.07, 6.45) is 8.54. The summed E-state index contributed by atoms with van der Waals surface area (Å²) < 4.78 is 29.7. The van der Waals surface area contributed by atoms with Gasteiger partial charge in [-0.15, -0.1) is 0 Å². The molecule has 146 valence electrons. The summed E-state index contributed by atoms with van der Waals surface area (Å²) in [6.45, 7) is 0.615. The maximum Gasteiger partial charge on any atom is 0.279 e. The molecular weight excluding hydrogens is 378 g/mol. The van der Waals surface area contributed by atoms with Gasteiger partial charge in [0.1, 0.15) is 17.8 Å². The van der Waals surface area contributed by atoms with Crippen LogP contribution in [0.15, 0.2) is 30.7 Å². The summed E-state index contributed by atoms with van der Waals surface area (Å²) in [5, 5.41) is 10.3. The van der Waals surface area contributed by atoms with Crippen molar-refractivity contribution in [2.24, 2.45) is 11.3 Å². The molecule has 0 aromatic carbocycles. The topological polar surface area (TPSA) is 118 Å². The second kappa shape index (κ2) is 6.01. The Kier molecular flexibility index (Phi) is 3.78. The van der Waals surface area contributed by atoms with Crippen molar-refractivity contribution in [1.29, 1.82) is 5.26 Å². The lowest BCUT2D eigenvalue weighted by Crippen LogP contribution is -2.55. The van der Waals surface area contributed by atoms with Gasteiger partial charge in [-0.25, -0.2) is 9.97 Å². The summed E-state index contributed by atoms with van der Waals surface area (Å²) in [5.41, 5.74) is 0.156. The van der Waals surface area contributed by atoms with Crippen LogP contribution in [0.3, 0.4) is 0 Å². The fourth-order valence-corrected chi connectivity index (χ4v) is 5.87. The molecule has 0 bridgehead atoms. The zero-order valence-corrected chi connectivity index (χ0v) is 16.2. The largest absolute Gasteiger partial charge is 0.356 e. The average Bonchev–Trinajstić information content (AvgIpc) is 3.20. The standard InChI is InChI=1S/C18H21N7O2S/c1-24(17-15-3-5-20-16(15)21-11-22-17)14-6-13(7-14)23-28(26,27)25-8-12-2-4-18(12,9-19)10-25/h2-5,11-14,23H,6-8,10H2,1H3,(H,20,21,22)/t12-,13?,14?,18-/m1/s1. The Hall–Kier alpha value is -2.48. The Bertz CT molecular complexity index is 1100. The van der Waals surface area contributed by atoms with Crippen LogP contribution in [0.1, 0.15) is 12.8 Å². The van der Waals surface area contributed by atoms with Gasteiger partial charge in [-0.05, 0) is 18.9 Å². The minimum atomic E-state index is -3.59. The van der Waals surface area contributed by atoms with Crippen LogP contribution in [0.25, 0.3) is 11.0 Å². The summed E-state index contributed by atoms with van der Waals surface area (Å²) in [5.74, 6) is 0.853. The third kappa shape index (κ3) is 2.54. The normalized spacial score (nSPS) is 31.8. The molecule has 3 heterocycles. The quantitative estimate of drug-likeness (QED) is 0.717. The number of fused-ring (bicyclic) bond motifs is 2. The predicted octanol–water partition coefficient (Wildman–Crippen LogP) is 0.771. The fraction of sp³-hybridized carbons (Fsp3) is 0.500. The molecule has 1 saturated carbocycles. The molecular formula is C18H21N7O2S. The van der Waals surface area contributed by atoms with Crippen molar-refractivity contribution in [2.75, 3.05) is 25.0 Å². The van der Waals surface area contributed by atoms with Crippen LogP contribution in [0, 0.1) is 22.7 Å². The first kappa shape index (κ1) is 17.6. The van der Waals surface area contributed by atoms with Crippen LogP contribution in [0.4, 0.5) is 5.82 Å². The van der Waals surface area contributed by atoms with Gasteiger partial charge in [0.05, 0.1) is 16.9 Å². The second-order valence-electron chi connectivity index (χ2n) is 7.90. The highest BCUT2D eigenvalue weighted by Crippen LogP contribution is 2.45. The minimum Gasteiger partial charge on any atom is -0.356 e. The lowest BCUT2D eigenvalue weighted by atomic mass is 9.71. The molecule has 2 aromatic rings. The number of anilines is 1. The maximum absolute atomic E-state index is 12.7. The van der Waals surface area contributed by atoms with Crippen LogP contribution < -0.4 is 9.62 Å². The summed E-state index contributed by atoms with van der Waals surface area (Å²) in [6, 6.07) is 4.32. The number of H-pyrrole nitrogens is 1. The number of rotatable bonds is 5. The molecule has 9 nitrogen and oxygen atoms in total.